The normalized spacial score (nSPS) is 27.5. The molecular weight excluding hydrogens is 599 g/mol. The predicted octanol–water partition coefficient (Wildman–Crippen LogP) is 5.46. The standard InChI is InChI=1S/C34H36F3N5O4/c1-3-22-24(36)6-5-18-11-20(43)12-23(25(18)22)28-27(37)29-26-30(41(2)33(14-21(44)15-33)8-10-45-31(26)38-28)40-32(39-29)46-17-34-7-4-9-42(34)16-19(35)13-34/h5-6,11-12,19,21,43-44H,3-4,7-10,13-17H2,1-2H3/t19-,21?,33?,34+/m1/s1. The number of ether oxygens (including phenoxy) is 2. The fraction of sp³-hybridized carbons (Fsp3) is 0.500. The smallest absolute Gasteiger partial charge is 0.319 e. The minimum atomic E-state index is -0.938. The molecule has 5 heterocycles. The van der Waals surface area contributed by atoms with Gasteiger partial charge in [0, 0.05) is 37.5 Å². The van der Waals surface area contributed by atoms with E-state index < -0.39 is 35.0 Å². The zero-order chi connectivity index (χ0) is 32.0. The van der Waals surface area contributed by atoms with Crippen molar-refractivity contribution in [2.24, 2.45) is 0 Å². The summed E-state index contributed by atoms with van der Waals surface area (Å²) < 4.78 is 59.0. The molecule has 8 rings (SSSR count). The van der Waals surface area contributed by atoms with Crippen LogP contribution in [0.2, 0.25) is 0 Å². The Bertz CT molecular complexity index is 1890. The van der Waals surface area contributed by atoms with E-state index in [1.54, 1.807) is 6.07 Å². The number of hydrogen-bond donors (Lipinski definition) is 2. The second kappa shape index (κ2) is 10.6. The Kier molecular flexibility index (Phi) is 6.77. The first kappa shape index (κ1) is 29.5. The van der Waals surface area contributed by atoms with Gasteiger partial charge < -0.3 is 24.6 Å². The summed E-state index contributed by atoms with van der Waals surface area (Å²) in [6.07, 6.45) is 2.56. The molecule has 3 fully saturated rings. The van der Waals surface area contributed by atoms with Gasteiger partial charge in [-0.25, -0.2) is 18.2 Å². The Morgan fingerprint density at radius 1 is 1.09 bits per heavy atom. The SMILES string of the molecule is CCc1c(F)ccc2cc(O)cc(-c3nc4c5c(nc(OC[C@@]67CCCN6C[C@H](F)C7)nc5c3F)N(C)C3(CCO4)CC(O)C3)c12. The molecule has 2 N–H and O–H groups in total. The number of hydrogen-bond acceptors (Lipinski definition) is 9. The molecule has 4 aromatic rings. The number of fused-ring (bicyclic) bond motifs is 2. The summed E-state index contributed by atoms with van der Waals surface area (Å²) in [5.74, 6) is -0.891. The van der Waals surface area contributed by atoms with Crippen LogP contribution in [0, 0.1) is 11.6 Å². The van der Waals surface area contributed by atoms with Crippen molar-refractivity contribution >= 4 is 27.5 Å². The summed E-state index contributed by atoms with van der Waals surface area (Å²) in [5, 5.41) is 22.2. The summed E-state index contributed by atoms with van der Waals surface area (Å²) in [7, 11) is 1.86. The monoisotopic (exact) mass is 635 g/mol. The molecule has 46 heavy (non-hydrogen) atoms. The van der Waals surface area contributed by atoms with Gasteiger partial charge in [-0.05, 0) is 73.2 Å². The largest absolute Gasteiger partial charge is 0.508 e. The van der Waals surface area contributed by atoms with Gasteiger partial charge in [-0.1, -0.05) is 13.0 Å². The first-order chi connectivity index (χ1) is 22.1. The van der Waals surface area contributed by atoms with E-state index in [-0.39, 0.29) is 53.0 Å². The molecule has 0 unspecified atom stereocenters. The van der Waals surface area contributed by atoms with Crippen LogP contribution in [0.3, 0.4) is 0 Å². The Hall–Kier alpha value is -3.90. The van der Waals surface area contributed by atoms with Crippen LogP contribution in [0.4, 0.5) is 19.0 Å². The molecule has 2 aromatic heterocycles. The molecule has 1 saturated carbocycles. The van der Waals surface area contributed by atoms with Crippen molar-refractivity contribution in [2.75, 3.05) is 38.3 Å². The number of nitrogens with zero attached hydrogens (tertiary/aromatic N) is 5. The van der Waals surface area contributed by atoms with Gasteiger partial charge >= 0.3 is 6.01 Å². The average Bonchev–Trinajstić information content (AvgIpc) is 3.54. The third kappa shape index (κ3) is 4.40. The molecule has 1 spiro atoms. The molecule has 2 saturated heterocycles. The van der Waals surface area contributed by atoms with Crippen molar-refractivity contribution in [1.29, 1.82) is 0 Å². The minimum absolute atomic E-state index is 0.0588. The number of phenolic OH excluding ortho intramolecular Hbond substituents is 1. The van der Waals surface area contributed by atoms with Crippen molar-refractivity contribution in [3.8, 4) is 28.9 Å². The number of anilines is 1. The summed E-state index contributed by atoms with van der Waals surface area (Å²) in [6.45, 7) is 3.38. The fourth-order valence-electron chi connectivity index (χ4n) is 8.40. The second-order valence-corrected chi connectivity index (χ2v) is 13.4. The molecule has 4 aliphatic rings. The number of halogens is 3. The van der Waals surface area contributed by atoms with Crippen LogP contribution < -0.4 is 14.4 Å². The number of aryl methyl sites for hydroxylation is 1. The van der Waals surface area contributed by atoms with Crippen LogP contribution in [0.1, 0.15) is 51.0 Å². The first-order valence-corrected chi connectivity index (χ1v) is 16.0. The van der Waals surface area contributed by atoms with Crippen molar-refractivity contribution in [2.45, 2.75) is 75.2 Å². The molecule has 0 radical (unpaired) electrons. The van der Waals surface area contributed by atoms with Crippen LogP contribution in [-0.2, 0) is 6.42 Å². The Morgan fingerprint density at radius 2 is 1.91 bits per heavy atom. The van der Waals surface area contributed by atoms with Gasteiger partial charge in [-0.2, -0.15) is 9.97 Å². The molecule has 0 bridgehead atoms. The molecular formula is C34H36F3N5O4. The van der Waals surface area contributed by atoms with E-state index in [0.717, 1.165) is 19.4 Å². The highest BCUT2D eigenvalue weighted by Gasteiger charge is 2.50. The Balaban J connectivity index is 1.33. The number of aliphatic hydroxyl groups is 1. The summed E-state index contributed by atoms with van der Waals surface area (Å²) >= 11 is 0. The predicted molar refractivity (Wildman–Crippen MR) is 166 cm³/mol. The molecule has 3 aliphatic heterocycles. The number of benzene rings is 2. The molecule has 1 aliphatic carbocycles. The molecule has 2 atom stereocenters. The number of aromatic nitrogens is 3. The van der Waals surface area contributed by atoms with Crippen molar-refractivity contribution < 1.29 is 32.9 Å². The zero-order valence-corrected chi connectivity index (χ0v) is 25.8. The van der Waals surface area contributed by atoms with E-state index in [4.69, 9.17) is 14.5 Å². The van der Waals surface area contributed by atoms with Crippen LogP contribution in [0.5, 0.6) is 17.6 Å². The van der Waals surface area contributed by atoms with Crippen molar-refractivity contribution in [3.63, 3.8) is 0 Å². The topological polar surface area (TPSA) is 104 Å². The highest BCUT2D eigenvalue weighted by Crippen LogP contribution is 2.48. The van der Waals surface area contributed by atoms with Gasteiger partial charge in [0.2, 0.25) is 5.88 Å². The Morgan fingerprint density at radius 3 is 2.70 bits per heavy atom. The number of rotatable bonds is 5. The van der Waals surface area contributed by atoms with E-state index in [1.165, 1.54) is 18.2 Å². The lowest BCUT2D eigenvalue weighted by molar-refractivity contribution is 0.00887. The van der Waals surface area contributed by atoms with Gasteiger partial charge in [0.15, 0.2) is 5.82 Å². The Labute approximate surface area is 264 Å². The summed E-state index contributed by atoms with van der Waals surface area (Å²) in [5.41, 5.74) is -0.585. The maximum atomic E-state index is 17.0. The first-order valence-electron chi connectivity index (χ1n) is 16.0. The number of phenols is 1. The number of aliphatic hydroxyl groups excluding tert-OH is 1. The molecule has 12 heteroatoms. The van der Waals surface area contributed by atoms with Crippen LogP contribution >= 0.6 is 0 Å². The average molecular weight is 636 g/mol. The van der Waals surface area contributed by atoms with Gasteiger partial charge in [-0.3, -0.25) is 4.90 Å². The molecule has 2 aromatic carbocycles. The fourth-order valence-corrected chi connectivity index (χ4v) is 8.40. The van der Waals surface area contributed by atoms with Gasteiger partial charge in [-0.15, -0.1) is 0 Å². The second-order valence-electron chi connectivity index (χ2n) is 13.4. The van der Waals surface area contributed by atoms with E-state index in [2.05, 4.69) is 14.9 Å². The van der Waals surface area contributed by atoms with Crippen LogP contribution in [0.25, 0.3) is 32.9 Å². The third-order valence-electron chi connectivity index (χ3n) is 10.8. The van der Waals surface area contributed by atoms with E-state index >= 15 is 8.78 Å². The van der Waals surface area contributed by atoms with Crippen molar-refractivity contribution in [3.05, 3.63) is 41.5 Å². The highest BCUT2D eigenvalue weighted by atomic mass is 19.1. The molecule has 9 nitrogen and oxygen atoms in total. The van der Waals surface area contributed by atoms with Crippen LogP contribution in [0.15, 0.2) is 24.3 Å². The number of alkyl halides is 1. The quantitative estimate of drug-likeness (QED) is 0.296. The van der Waals surface area contributed by atoms with E-state index in [0.29, 0.717) is 60.8 Å². The zero-order valence-electron chi connectivity index (χ0n) is 25.8. The summed E-state index contributed by atoms with van der Waals surface area (Å²) in [4.78, 5) is 18.1. The lowest BCUT2D eigenvalue weighted by Gasteiger charge is -2.52. The van der Waals surface area contributed by atoms with Crippen LogP contribution in [-0.4, -0.2) is 86.8 Å². The lowest BCUT2D eigenvalue weighted by Crippen LogP contribution is -2.59. The molecule has 242 valence electrons. The summed E-state index contributed by atoms with van der Waals surface area (Å²) in [6, 6.07) is 5.71. The van der Waals surface area contributed by atoms with Gasteiger partial charge in [0.1, 0.15) is 46.8 Å². The maximum Gasteiger partial charge on any atom is 0.319 e. The lowest BCUT2D eigenvalue weighted by atomic mass is 9.71. The minimum Gasteiger partial charge on any atom is -0.508 e. The number of aromatic hydroxyl groups is 1. The highest BCUT2D eigenvalue weighted by molar-refractivity contribution is 6.03. The van der Waals surface area contributed by atoms with Gasteiger partial charge in [0.05, 0.1) is 18.2 Å². The molecule has 0 amide bonds. The van der Waals surface area contributed by atoms with E-state index in [1.807, 2.05) is 18.9 Å². The maximum absolute atomic E-state index is 17.0. The van der Waals surface area contributed by atoms with Gasteiger partial charge in [0.25, 0.3) is 0 Å². The number of pyridine rings is 1. The third-order valence-corrected chi connectivity index (χ3v) is 10.8. The van der Waals surface area contributed by atoms with Crippen molar-refractivity contribution in [1.82, 2.24) is 19.9 Å². The van der Waals surface area contributed by atoms with E-state index in [9.17, 15) is 14.6 Å².